The van der Waals surface area contributed by atoms with Gasteiger partial charge >= 0.3 is 7.12 Å². The number of aryl methyl sites for hydroxylation is 1. The van der Waals surface area contributed by atoms with E-state index < -0.39 is 0 Å². The molecule has 3 heteroatoms. The fourth-order valence-electron chi connectivity index (χ4n) is 1.27. The van der Waals surface area contributed by atoms with Crippen molar-refractivity contribution < 1.29 is 9.31 Å². The maximum Gasteiger partial charge on any atom is 0.493 e. The first-order valence-corrected chi connectivity index (χ1v) is 5.07. The van der Waals surface area contributed by atoms with Crippen LogP contribution in [0.25, 0.3) is 0 Å². The van der Waals surface area contributed by atoms with Gasteiger partial charge in [-0.3, -0.25) is 0 Å². The van der Waals surface area contributed by atoms with Crippen molar-refractivity contribution in [2.45, 2.75) is 20.8 Å². The first-order valence-electron chi connectivity index (χ1n) is 5.07. The van der Waals surface area contributed by atoms with E-state index in [0.717, 1.165) is 5.46 Å². The Morgan fingerprint density at radius 2 is 1.50 bits per heavy atom. The average molecular weight is 192 g/mol. The molecule has 2 nitrogen and oxygen atoms in total. The van der Waals surface area contributed by atoms with Crippen molar-refractivity contribution in [3.8, 4) is 0 Å². The van der Waals surface area contributed by atoms with E-state index in [2.05, 4.69) is 19.1 Å². The van der Waals surface area contributed by atoms with Crippen LogP contribution in [0.15, 0.2) is 24.3 Å². The van der Waals surface area contributed by atoms with Crippen LogP contribution in [0.5, 0.6) is 0 Å². The van der Waals surface area contributed by atoms with Gasteiger partial charge in [0.15, 0.2) is 0 Å². The Kier molecular flexibility index (Phi) is 4.70. The minimum atomic E-state index is -0.217. The van der Waals surface area contributed by atoms with Crippen LogP contribution in [0.4, 0.5) is 0 Å². The van der Waals surface area contributed by atoms with Crippen molar-refractivity contribution in [1.29, 1.82) is 0 Å². The van der Waals surface area contributed by atoms with Crippen LogP contribution in [0.2, 0.25) is 0 Å². The van der Waals surface area contributed by atoms with Crippen LogP contribution in [0.1, 0.15) is 19.4 Å². The van der Waals surface area contributed by atoms with Gasteiger partial charge in [0, 0.05) is 13.2 Å². The number of hydrogen-bond acceptors (Lipinski definition) is 2. The molecule has 0 unspecified atom stereocenters. The van der Waals surface area contributed by atoms with E-state index in [1.165, 1.54) is 5.56 Å². The van der Waals surface area contributed by atoms with Crippen molar-refractivity contribution in [1.82, 2.24) is 0 Å². The molecule has 1 aromatic carbocycles. The quantitative estimate of drug-likeness (QED) is 0.661. The van der Waals surface area contributed by atoms with Gasteiger partial charge in [-0.25, -0.2) is 0 Å². The van der Waals surface area contributed by atoms with Gasteiger partial charge in [0.2, 0.25) is 0 Å². The lowest BCUT2D eigenvalue weighted by atomic mass is 9.78. The molecule has 0 aliphatic carbocycles. The third-order valence-corrected chi connectivity index (χ3v) is 1.99. The zero-order valence-electron chi connectivity index (χ0n) is 9.12. The van der Waals surface area contributed by atoms with Crippen molar-refractivity contribution in [2.24, 2.45) is 0 Å². The second-order valence-electron chi connectivity index (χ2n) is 3.15. The van der Waals surface area contributed by atoms with E-state index in [4.69, 9.17) is 9.31 Å². The smallest absolute Gasteiger partial charge is 0.408 e. The Morgan fingerprint density at radius 3 is 1.93 bits per heavy atom. The third-order valence-electron chi connectivity index (χ3n) is 1.99. The predicted molar refractivity (Wildman–Crippen MR) is 59.8 cm³/mol. The lowest BCUT2D eigenvalue weighted by Gasteiger charge is -2.12. The molecule has 0 aliphatic rings. The van der Waals surface area contributed by atoms with E-state index in [-0.39, 0.29) is 7.12 Å². The summed E-state index contributed by atoms with van der Waals surface area (Å²) in [5.41, 5.74) is 2.33. The summed E-state index contributed by atoms with van der Waals surface area (Å²) < 4.78 is 11.0. The van der Waals surface area contributed by atoms with Gasteiger partial charge in [0.25, 0.3) is 0 Å². The fraction of sp³-hybridized carbons (Fsp3) is 0.455. The summed E-state index contributed by atoms with van der Waals surface area (Å²) in [6.07, 6.45) is 0. The minimum Gasteiger partial charge on any atom is -0.408 e. The van der Waals surface area contributed by atoms with Gasteiger partial charge in [-0.1, -0.05) is 29.8 Å². The van der Waals surface area contributed by atoms with Gasteiger partial charge in [-0.2, -0.15) is 0 Å². The van der Waals surface area contributed by atoms with Crippen LogP contribution in [-0.4, -0.2) is 20.3 Å². The van der Waals surface area contributed by atoms with Crippen LogP contribution in [-0.2, 0) is 9.31 Å². The van der Waals surface area contributed by atoms with Crippen LogP contribution < -0.4 is 5.46 Å². The Bertz CT molecular complexity index is 252. The highest BCUT2D eigenvalue weighted by atomic mass is 16.6. The van der Waals surface area contributed by atoms with E-state index in [1.54, 1.807) is 0 Å². The number of hydrogen-bond donors (Lipinski definition) is 0. The summed E-state index contributed by atoms with van der Waals surface area (Å²) in [5.74, 6) is 0. The maximum absolute atomic E-state index is 5.49. The van der Waals surface area contributed by atoms with E-state index in [9.17, 15) is 0 Å². The largest absolute Gasteiger partial charge is 0.493 e. The Labute approximate surface area is 86.4 Å². The lowest BCUT2D eigenvalue weighted by Crippen LogP contribution is -2.36. The Hall–Kier alpha value is -0.795. The molecule has 14 heavy (non-hydrogen) atoms. The fourth-order valence-corrected chi connectivity index (χ4v) is 1.27. The first kappa shape index (κ1) is 11.3. The van der Waals surface area contributed by atoms with Crippen molar-refractivity contribution in [3.05, 3.63) is 29.8 Å². The monoisotopic (exact) mass is 192 g/mol. The van der Waals surface area contributed by atoms with Crippen LogP contribution in [0, 0.1) is 6.92 Å². The summed E-state index contributed by atoms with van der Waals surface area (Å²) in [7, 11) is -0.217. The molecule has 0 fully saturated rings. The molecule has 0 N–H and O–H groups in total. The third kappa shape index (κ3) is 3.16. The summed E-state index contributed by atoms with van der Waals surface area (Å²) in [6, 6.07) is 8.23. The van der Waals surface area contributed by atoms with Gasteiger partial charge < -0.3 is 9.31 Å². The maximum atomic E-state index is 5.49. The van der Waals surface area contributed by atoms with Crippen LogP contribution in [0.3, 0.4) is 0 Å². The molecule has 1 aromatic rings. The van der Waals surface area contributed by atoms with Gasteiger partial charge in [0.1, 0.15) is 0 Å². The summed E-state index contributed by atoms with van der Waals surface area (Å²) >= 11 is 0. The predicted octanol–water partition coefficient (Wildman–Crippen LogP) is 1.76. The summed E-state index contributed by atoms with van der Waals surface area (Å²) in [6.45, 7) is 7.34. The molecule has 0 aromatic heterocycles. The molecular weight excluding hydrogens is 175 g/mol. The van der Waals surface area contributed by atoms with E-state index >= 15 is 0 Å². The van der Waals surface area contributed by atoms with Gasteiger partial charge in [-0.15, -0.1) is 0 Å². The zero-order chi connectivity index (χ0) is 10.4. The highest BCUT2D eigenvalue weighted by Gasteiger charge is 2.19. The molecule has 1 rings (SSSR count). The molecular formula is C11H17BO2. The molecule has 0 saturated carbocycles. The molecule has 0 saturated heterocycles. The second-order valence-corrected chi connectivity index (χ2v) is 3.15. The summed E-state index contributed by atoms with van der Waals surface area (Å²) in [5, 5.41) is 0. The van der Waals surface area contributed by atoms with Crippen molar-refractivity contribution in [2.75, 3.05) is 13.2 Å². The second kappa shape index (κ2) is 5.84. The molecule has 0 spiro atoms. The highest BCUT2D eigenvalue weighted by molar-refractivity contribution is 6.61. The van der Waals surface area contributed by atoms with Crippen molar-refractivity contribution in [3.63, 3.8) is 0 Å². The standard InChI is InChI=1S/C11H17BO2/c1-4-13-12(14-5-2)11-8-6-10(3)7-9-11/h6-9H,4-5H2,1-3H3. The minimum absolute atomic E-state index is 0.217. The molecule has 76 valence electrons. The highest BCUT2D eigenvalue weighted by Crippen LogP contribution is 1.97. The molecule has 0 amide bonds. The molecule has 0 radical (unpaired) electrons. The number of rotatable bonds is 5. The molecule has 0 bridgehead atoms. The molecule has 0 aliphatic heterocycles. The first-order chi connectivity index (χ1) is 6.77. The normalized spacial score (nSPS) is 10.2. The van der Waals surface area contributed by atoms with Gasteiger partial charge in [-0.05, 0) is 26.2 Å². The van der Waals surface area contributed by atoms with E-state index in [0.29, 0.717) is 13.2 Å². The number of benzene rings is 1. The topological polar surface area (TPSA) is 18.5 Å². The SMILES string of the molecule is CCOB(OCC)c1ccc(C)cc1. The summed E-state index contributed by atoms with van der Waals surface area (Å²) in [4.78, 5) is 0. The van der Waals surface area contributed by atoms with Crippen LogP contribution >= 0.6 is 0 Å². The molecule has 0 atom stereocenters. The van der Waals surface area contributed by atoms with Gasteiger partial charge in [0.05, 0.1) is 0 Å². The van der Waals surface area contributed by atoms with Crippen molar-refractivity contribution >= 4 is 12.6 Å². The molecule has 0 heterocycles. The average Bonchev–Trinajstić information content (AvgIpc) is 2.19. The zero-order valence-corrected chi connectivity index (χ0v) is 9.12. The Balaban J connectivity index is 2.71. The Morgan fingerprint density at radius 1 is 1.00 bits per heavy atom. The van der Waals surface area contributed by atoms with E-state index in [1.807, 2.05) is 26.0 Å². The lowest BCUT2D eigenvalue weighted by molar-refractivity contribution is 0.225.